The molecule has 0 aliphatic carbocycles. The number of halogens is 1. The highest BCUT2D eigenvalue weighted by Gasteiger charge is 2.28. The van der Waals surface area contributed by atoms with Gasteiger partial charge in [-0.1, -0.05) is 12.1 Å². The summed E-state index contributed by atoms with van der Waals surface area (Å²) in [7, 11) is -4.12. The average Bonchev–Trinajstić information content (AvgIpc) is 2.25. The molecule has 1 rings (SSSR count). The van der Waals surface area contributed by atoms with Crippen molar-refractivity contribution in [3.05, 3.63) is 46.8 Å². The fraction of sp³-hybridized carbons (Fsp3) is 0.111. The molecule has 1 aromatic rings. The minimum Gasteiger partial charge on any atom is -0.258 e. The predicted molar refractivity (Wildman–Crippen MR) is 58.4 cm³/mol. The van der Waals surface area contributed by atoms with Crippen molar-refractivity contribution in [3.63, 3.8) is 0 Å². The van der Waals surface area contributed by atoms with Crippen LogP contribution in [0.25, 0.3) is 0 Å². The van der Waals surface area contributed by atoms with E-state index in [0.717, 1.165) is 18.2 Å². The van der Waals surface area contributed by atoms with Crippen LogP contribution in [0.4, 0.5) is 10.1 Å². The zero-order valence-electron chi connectivity index (χ0n) is 8.59. The van der Waals surface area contributed by atoms with E-state index in [0.29, 0.717) is 0 Å². The summed E-state index contributed by atoms with van der Waals surface area (Å²) in [6, 6.07) is 2.88. The number of nitrogens with one attached hydrogen (secondary N) is 1. The Labute approximate surface area is 97.0 Å². The molecule has 92 valence electrons. The van der Waals surface area contributed by atoms with Crippen LogP contribution in [-0.2, 0) is 10.0 Å². The molecule has 0 radical (unpaired) electrons. The number of hydrogen-bond donors (Lipinski definition) is 1. The zero-order chi connectivity index (χ0) is 13.1. The minimum absolute atomic E-state index is 0.101. The maximum atomic E-state index is 13.2. The molecular formula is C9H9FN2O4S. The average molecular weight is 260 g/mol. The number of nitro benzene ring substituents is 1. The van der Waals surface area contributed by atoms with E-state index in [1.54, 1.807) is 0 Å². The fourth-order valence-corrected chi connectivity index (χ4v) is 2.31. The van der Waals surface area contributed by atoms with Crippen molar-refractivity contribution in [2.75, 3.05) is 6.54 Å². The Bertz CT molecular complexity index is 556. The van der Waals surface area contributed by atoms with Gasteiger partial charge in [-0.3, -0.25) is 10.1 Å². The van der Waals surface area contributed by atoms with Crippen molar-refractivity contribution in [1.29, 1.82) is 0 Å². The van der Waals surface area contributed by atoms with E-state index < -0.39 is 31.3 Å². The van der Waals surface area contributed by atoms with E-state index in [-0.39, 0.29) is 6.54 Å². The van der Waals surface area contributed by atoms with Gasteiger partial charge in [-0.2, -0.15) is 4.39 Å². The highest BCUT2D eigenvalue weighted by molar-refractivity contribution is 7.89. The van der Waals surface area contributed by atoms with Crippen molar-refractivity contribution in [3.8, 4) is 0 Å². The Morgan fingerprint density at radius 1 is 1.53 bits per heavy atom. The molecular weight excluding hydrogens is 251 g/mol. The van der Waals surface area contributed by atoms with Gasteiger partial charge in [0, 0.05) is 6.54 Å². The lowest BCUT2D eigenvalue weighted by Crippen LogP contribution is -2.24. The first-order chi connectivity index (χ1) is 7.90. The van der Waals surface area contributed by atoms with Crippen LogP contribution in [0.15, 0.2) is 35.7 Å². The third kappa shape index (κ3) is 2.86. The van der Waals surface area contributed by atoms with Gasteiger partial charge >= 0.3 is 5.69 Å². The second-order valence-corrected chi connectivity index (χ2v) is 4.72. The van der Waals surface area contributed by atoms with Gasteiger partial charge in [0.25, 0.3) is 0 Å². The Kier molecular flexibility index (Phi) is 3.92. The van der Waals surface area contributed by atoms with E-state index in [4.69, 9.17) is 0 Å². The Balaban J connectivity index is 3.36. The Morgan fingerprint density at radius 2 is 2.18 bits per heavy atom. The smallest absolute Gasteiger partial charge is 0.258 e. The summed E-state index contributed by atoms with van der Waals surface area (Å²) >= 11 is 0. The van der Waals surface area contributed by atoms with Gasteiger partial charge in [0.15, 0.2) is 4.90 Å². The van der Waals surface area contributed by atoms with Crippen molar-refractivity contribution < 1.29 is 17.7 Å². The third-order valence-corrected chi connectivity index (χ3v) is 3.29. The highest BCUT2D eigenvalue weighted by Crippen LogP contribution is 2.26. The van der Waals surface area contributed by atoms with Crippen LogP contribution in [0.5, 0.6) is 0 Å². The van der Waals surface area contributed by atoms with Crippen molar-refractivity contribution in [2.24, 2.45) is 0 Å². The largest absolute Gasteiger partial charge is 0.324 e. The molecule has 0 aliphatic rings. The Morgan fingerprint density at radius 3 is 2.71 bits per heavy atom. The van der Waals surface area contributed by atoms with Crippen LogP contribution >= 0.6 is 0 Å². The second kappa shape index (κ2) is 5.02. The first-order valence-electron chi connectivity index (χ1n) is 4.43. The summed E-state index contributed by atoms with van der Waals surface area (Å²) in [6.45, 7) is 3.20. The first-order valence-corrected chi connectivity index (χ1v) is 5.92. The topological polar surface area (TPSA) is 89.3 Å². The van der Waals surface area contributed by atoms with Crippen LogP contribution in [-0.4, -0.2) is 19.9 Å². The molecule has 1 N–H and O–H groups in total. The van der Waals surface area contributed by atoms with Gasteiger partial charge in [0.05, 0.1) is 4.92 Å². The maximum absolute atomic E-state index is 13.2. The molecule has 0 fully saturated rings. The summed E-state index contributed by atoms with van der Waals surface area (Å²) < 4.78 is 38.5. The number of benzene rings is 1. The number of rotatable bonds is 5. The summed E-state index contributed by atoms with van der Waals surface area (Å²) in [5.41, 5.74) is -1.07. The minimum atomic E-state index is -4.12. The van der Waals surface area contributed by atoms with E-state index in [1.165, 1.54) is 6.08 Å². The SMILES string of the molecule is C=CCNS(=O)(=O)c1cccc(F)c1[N+](=O)[O-]. The molecule has 0 aromatic heterocycles. The van der Waals surface area contributed by atoms with Gasteiger partial charge < -0.3 is 0 Å². The second-order valence-electron chi connectivity index (χ2n) is 2.98. The monoisotopic (exact) mass is 260 g/mol. The number of nitro groups is 1. The lowest BCUT2D eigenvalue weighted by Gasteiger charge is -2.05. The number of para-hydroxylation sites is 1. The molecule has 0 amide bonds. The molecule has 17 heavy (non-hydrogen) atoms. The summed E-state index contributed by atoms with van der Waals surface area (Å²) in [5.74, 6) is -1.20. The molecule has 0 unspecified atom stereocenters. The van der Waals surface area contributed by atoms with E-state index in [9.17, 15) is 22.9 Å². The van der Waals surface area contributed by atoms with Crippen LogP contribution < -0.4 is 4.72 Å². The normalized spacial score (nSPS) is 11.1. The van der Waals surface area contributed by atoms with Crippen LogP contribution in [0, 0.1) is 15.9 Å². The molecule has 8 heteroatoms. The molecule has 0 atom stereocenters. The molecule has 0 spiro atoms. The third-order valence-electron chi connectivity index (χ3n) is 1.84. The first kappa shape index (κ1) is 13.3. The van der Waals surface area contributed by atoms with Crippen molar-refractivity contribution in [1.82, 2.24) is 4.72 Å². The Hall–Kier alpha value is -1.80. The summed E-state index contributed by atoms with van der Waals surface area (Å²) in [6.07, 6.45) is 1.27. The lowest BCUT2D eigenvalue weighted by molar-refractivity contribution is -0.390. The lowest BCUT2D eigenvalue weighted by atomic mass is 10.3. The molecule has 0 saturated heterocycles. The van der Waals surface area contributed by atoms with E-state index in [1.807, 2.05) is 4.72 Å². The van der Waals surface area contributed by atoms with Crippen molar-refractivity contribution in [2.45, 2.75) is 4.90 Å². The highest BCUT2D eigenvalue weighted by atomic mass is 32.2. The van der Waals surface area contributed by atoms with E-state index >= 15 is 0 Å². The van der Waals surface area contributed by atoms with Crippen LogP contribution in [0.1, 0.15) is 0 Å². The standard InChI is InChI=1S/C9H9FN2O4S/c1-2-6-11-17(15,16)8-5-3-4-7(10)9(8)12(13)14/h2-5,11H,1,6H2. The fourth-order valence-electron chi connectivity index (χ4n) is 1.14. The predicted octanol–water partition coefficient (Wildman–Crippen LogP) is 1.20. The molecule has 0 bridgehead atoms. The molecule has 0 saturated carbocycles. The molecule has 0 aliphatic heterocycles. The quantitative estimate of drug-likeness (QED) is 0.489. The number of sulfonamides is 1. The van der Waals surface area contributed by atoms with Gasteiger partial charge in [-0.15, -0.1) is 6.58 Å². The van der Waals surface area contributed by atoms with E-state index in [2.05, 4.69) is 6.58 Å². The molecule has 6 nitrogen and oxygen atoms in total. The van der Waals surface area contributed by atoms with Crippen molar-refractivity contribution >= 4 is 15.7 Å². The summed E-state index contributed by atoms with van der Waals surface area (Å²) in [4.78, 5) is 8.84. The zero-order valence-corrected chi connectivity index (χ0v) is 9.41. The number of nitrogens with zero attached hydrogens (tertiary/aromatic N) is 1. The van der Waals surface area contributed by atoms with Gasteiger partial charge in [-0.25, -0.2) is 13.1 Å². The maximum Gasteiger partial charge on any atom is 0.324 e. The number of hydrogen-bond acceptors (Lipinski definition) is 4. The molecule has 1 aromatic carbocycles. The van der Waals surface area contributed by atoms with Gasteiger partial charge in [-0.05, 0) is 12.1 Å². The van der Waals surface area contributed by atoms with Crippen LogP contribution in [0.3, 0.4) is 0 Å². The van der Waals surface area contributed by atoms with Gasteiger partial charge in [0.1, 0.15) is 0 Å². The van der Waals surface area contributed by atoms with Gasteiger partial charge in [0.2, 0.25) is 15.8 Å². The molecule has 0 heterocycles. The van der Waals surface area contributed by atoms with Crippen LogP contribution in [0.2, 0.25) is 0 Å². The summed E-state index contributed by atoms with van der Waals surface area (Å²) in [5, 5.41) is 10.6.